The highest BCUT2D eigenvalue weighted by Crippen LogP contribution is 2.31. The van der Waals surface area contributed by atoms with E-state index >= 15 is 0 Å². The normalized spacial score (nSPS) is 13.2. The number of nitrogens with one attached hydrogen (secondary N) is 1. The Labute approximate surface area is 162 Å². The molecule has 0 spiro atoms. The van der Waals surface area contributed by atoms with Crippen molar-refractivity contribution in [2.24, 2.45) is 5.73 Å². The number of nitrogens with two attached hydrogens (primary N) is 1. The average molecular weight is 379 g/mol. The maximum atomic E-state index is 12.9. The van der Waals surface area contributed by atoms with Crippen molar-refractivity contribution in [3.63, 3.8) is 0 Å². The molecule has 1 amide bonds. The molecule has 0 heterocycles. The van der Waals surface area contributed by atoms with Crippen LogP contribution >= 0.6 is 0 Å². The Kier molecular flexibility index (Phi) is 7.99. The number of benzene rings is 1. The summed E-state index contributed by atoms with van der Waals surface area (Å²) in [6.07, 6.45) is 0.590. The van der Waals surface area contributed by atoms with Gasteiger partial charge in [-0.2, -0.15) is 0 Å². The summed E-state index contributed by atoms with van der Waals surface area (Å²) in [6, 6.07) is 5.21. The number of ether oxygens (including phenoxy) is 2. The molecule has 1 aromatic rings. The highest BCUT2D eigenvalue weighted by molar-refractivity contribution is 5.97. The fourth-order valence-electron chi connectivity index (χ4n) is 2.73. The van der Waals surface area contributed by atoms with Crippen LogP contribution < -0.4 is 11.1 Å². The Hall–Kier alpha value is -1.92. The van der Waals surface area contributed by atoms with Crippen molar-refractivity contribution in [3.05, 3.63) is 29.3 Å². The van der Waals surface area contributed by atoms with Crippen LogP contribution in [0, 0.1) is 0 Å². The summed E-state index contributed by atoms with van der Waals surface area (Å²) in [6.45, 7) is 12.4. The lowest BCUT2D eigenvalue weighted by Gasteiger charge is -2.28. The highest BCUT2D eigenvalue weighted by Gasteiger charge is 2.27. The maximum Gasteiger partial charge on any atom is 0.337 e. The van der Waals surface area contributed by atoms with Gasteiger partial charge in [-0.15, -0.1) is 0 Å². The molecule has 1 unspecified atom stereocenters. The fourth-order valence-corrected chi connectivity index (χ4v) is 2.73. The van der Waals surface area contributed by atoms with E-state index in [1.54, 1.807) is 12.1 Å². The third-order valence-electron chi connectivity index (χ3n) is 3.97. The number of carbonyl (C=O) groups excluding carboxylic acids is 2. The lowest BCUT2D eigenvalue weighted by Crippen LogP contribution is -2.37. The summed E-state index contributed by atoms with van der Waals surface area (Å²) < 4.78 is 10.7. The number of anilines is 1. The summed E-state index contributed by atoms with van der Waals surface area (Å²) in [5.74, 6) is -0.692. The molecule has 3 N–H and O–H groups in total. The Morgan fingerprint density at radius 2 is 1.78 bits per heavy atom. The molecule has 6 heteroatoms. The van der Waals surface area contributed by atoms with Crippen molar-refractivity contribution in [1.29, 1.82) is 0 Å². The second-order valence-electron chi connectivity index (χ2n) is 8.64. The van der Waals surface area contributed by atoms with E-state index < -0.39 is 17.7 Å². The molecule has 6 nitrogen and oxygen atoms in total. The molecule has 27 heavy (non-hydrogen) atoms. The first-order valence-electron chi connectivity index (χ1n) is 9.30. The summed E-state index contributed by atoms with van der Waals surface area (Å²) in [5.41, 5.74) is 6.83. The van der Waals surface area contributed by atoms with Crippen molar-refractivity contribution >= 4 is 17.6 Å². The molecule has 0 saturated carbocycles. The largest absolute Gasteiger partial charge is 0.465 e. The van der Waals surface area contributed by atoms with Crippen LogP contribution in [0.4, 0.5) is 5.69 Å². The monoisotopic (exact) mass is 378 g/mol. The second-order valence-corrected chi connectivity index (χ2v) is 8.64. The Balaban J connectivity index is 3.20. The van der Waals surface area contributed by atoms with Crippen LogP contribution in [0.5, 0.6) is 0 Å². The minimum Gasteiger partial charge on any atom is -0.465 e. The first-order valence-corrected chi connectivity index (χ1v) is 9.30. The van der Waals surface area contributed by atoms with Crippen molar-refractivity contribution < 1.29 is 19.1 Å². The molecule has 0 saturated heterocycles. The number of esters is 1. The van der Waals surface area contributed by atoms with Gasteiger partial charge < -0.3 is 20.5 Å². The number of rotatable bonds is 7. The van der Waals surface area contributed by atoms with E-state index in [1.165, 1.54) is 7.11 Å². The topological polar surface area (TPSA) is 90.7 Å². The molecule has 0 aliphatic heterocycles. The number of hydrogen-bond acceptors (Lipinski definition) is 5. The minimum atomic E-state index is -0.622. The fraction of sp³-hybridized carbons (Fsp3) is 0.619. The van der Waals surface area contributed by atoms with E-state index in [9.17, 15) is 9.59 Å². The molecule has 0 aromatic heterocycles. The number of hydrogen-bond donors (Lipinski definition) is 2. The Morgan fingerprint density at radius 3 is 2.26 bits per heavy atom. The van der Waals surface area contributed by atoms with Gasteiger partial charge in [0.1, 0.15) is 6.10 Å². The van der Waals surface area contributed by atoms with Gasteiger partial charge in [0.05, 0.1) is 18.3 Å². The molecule has 0 radical (unpaired) electrons. The molecular formula is C21H34N2O4. The maximum absolute atomic E-state index is 12.9. The van der Waals surface area contributed by atoms with Gasteiger partial charge in [-0.25, -0.2) is 4.79 Å². The molecule has 152 valence electrons. The Morgan fingerprint density at radius 1 is 1.15 bits per heavy atom. The highest BCUT2D eigenvalue weighted by atomic mass is 16.5. The van der Waals surface area contributed by atoms with Crippen LogP contribution in [0.25, 0.3) is 0 Å². The molecule has 1 aromatic carbocycles. The summed E-state index contributed by atoms with van der Waals surface area (Å²) in [5, 5.41) is 2.96. The van der Waals surface area contributed by atoms with Crippen molar-refractivity contribution in [3.8, 4) is 0 Å². The van der Waals surface area contributed by atoms with Gasteiger partial charge in [0.25, 0.3) is 5.91 Å². The Bertz CT molecular complexity index is 657. The van der Waals surface area contributed by atoms with Gasteiger partial charge in [-0.1, -0.05) is 26.8 Å². The third-order valence-corrected chi connectivity index (χ3v) is 3.97. The van der Waals surface area contributed by atoms with Crippen molar-refractivity contribution in [2.45, 2.75) is 71.5 Å². The standard InChI is InChI=1S/C21H34N2O4/c1-20(2,3)15-11-10-14(19(25)26-7)13-16(15)23-18(24)17(9-8-12-22)27-21(4,5)6/h10-11,13,17H,8-9,12,22H2,1-7H3,(H,23,24). The lowest BCUT2D eigenvalue weighted by atomic mass is 9.85. The summed E-state index contributed by atoms with van der Waals surface area (Å²) in [4.78, 5) is 24.8. The zero-order valence-electron chi connectivity index (χ0n) is 17.6. The van der Waals surface area contributed by atoms with Gasteiger partial charge in [0, 0.05) is 5.69 Å². The summed E-state index contributed by atoms with van der Waals surface area (Å²) in [7, 11) is 1.33. The molecule has 0 aliphatic carbocycles. The van der Waals surface area contributed by atoms with Crippen LogP contribution in [0.3, 0.4) is 0 Å². The molecule has 0 fully saturated rings. The van der Waals surface area contributed by atoms with Gasteiger partial charge in [0.2, 0.25) is 0 Å². The van der Waals surface area contributed by atoms with E-state index in [-0.39, 0.29) is 11.3 Å². The second kappa shape index (κ2) is 9.33. The average Bonchev–Trinajstić information content (AvgIpc) is 2.55. The zero-order chi connectivity index (χ0) is 20.8. The first-order chi connectivity index (χ1) is 12.4. The van der Waals surface area contributed by atoms with Gasteiger partial charge in [-0.3, -0.25) is 4.79 Å². The van der Waals surface area contributed by atoms with E-state index in [0.717, 1.165) is 5.56 Å². The molecule has 0 aliphatic rings. The smallest absolute Gasteiger partial charge is 0.337 e. The van der Waals surface area contributed by atoms with Gasteiger partial charge in [-0.05, 0) is 63.3 Å². The van der Waals surface area contributed by atoms with E-state index in [4.69, 9.17) is 15.2 Å². The minimum absolute atomic E-state index is 0.213. The predicted molar refractivity (Wildman–Crippen MR) is 108 cm³/mol. The molecule has 1 rings (SSSR count). The first kappa shape index (κ1) is 23.1. The van der Waals surface area contributed by atoms with E-state index in [0.29, 0.717) is 30.6 Å². The quantitative estimate of drug-likeness (QED) is 0.707. The van der Waals surface area contributed by atoms with E-state index in [1.807, 2.05) is 47.6 Å². The van der Waals surface area contributed by atoms with Crippen LogP contribution in [0.2, 0.25) is 0 Å². The third kappa shape index (κ3) is 7.31. The van der Waals surface area contributed by atoms with Crippen LogP contribution in [-0.2, 0) is 19.7 Å². The molecular weight excluding hydrogens is 344 g/mol. The lowest BCUT2D eigenvalue weighted by molar-refractivity contribution is -0.137. The summed E-state index contributed by atoms with van der Waals surface area (Å²) >= 11 is 0. The van der Waals surface area contributed by atoms with Crippen LogP contribution in [0.15, 0.2) is 18.2 Å². The predicted octanol–water partition coefficient (Wildman–Crippen LogP) is 3.63. The molecule has 1 atom stereocenters. The van der Waals surface area contributed by atoms with Crippen molar-refractivity contribution in [2.75, 3.05) is 19.0 Å². The van der Waals surface area contributed by atoms with Gasteiger partial charge in [0.15, 0.2) is 0 Å². The number of methoxy groups -OCH3 is 1. The van der Waals surface area contributed by atoms with Crippen LogP contribution in [-0.4, -0.2) is 37.2 Å². The van der Waals surface area contributed by atoms with Crippen molar-refractivity contribution in [1.82, 2.24) is 0 Å². The SMILES string of the molecule is COC(=O)c1ccc(C(C)(C)C)c(NC(=O)C(CCCN)OC(C)(C)C)c1. The zero-order valence-corrected chi connectivity index (χ0v) is 17.6. The molecule has 0 bridgehead atoms. The van der Waals surface area contributed by atoms with Crippen LogP contribution in [0.1, 0.15) is 70.3 Å². The number of carbonyl (C=O) groups is 2. The van der Waals surface area contributed by atoms with Gasteiger partial charge >= 0.3 is 5.97 Å². The number of amides is 1. The van der Waals surface area contributed by atoms with E-state index in [2.05, 4.69) is 5.32 Å².